The number of nitrogens with one attached hydrogen (secondary N) is 1. The number of halogens is 1. The molecule has 0 unspecified atom stereocenters. The van der Waals surface area contributed by atoms with Crippen molar-refractivity contribution in [2.45, 2.75) is 13.5 Å². The number of methoxy groups -OCH3 is 2. The highest BCUT2D eigenvalue weighted by Crippen LogP contribution is 2.31. The number of ether oxygens (including phenoxy) is 5. The summed E-state index contributed by atoms with van der Waals surface area (Å²) >= 11 is 6.43. The third-order valence-corrected chi connectivity index (χ3v) is 6.05. The van der Waals surface area contributed by atoms with Crippen LogP contribution in [0.2, 0.25) is 5.02 Å². The Morgan fingerprint density at radius 2 is 1.55 bits per heavy atom. The minimum atomic E-state index is -0.590. The third kappa shape index (κ3) is 7.03. The SMILES string of the molecule is CCOC(=O)c1cc(Oc2ccccc2)ccc1NC(=O)c1ccc(OCc2ccc(OC)c(OC)c2)c(Cl)c1. The Balaban J connectivity index is 1.48. The van der Waals surface area contributed by atoms with Crippen molar-refractivity contribution in [3.8, 4) is 28.7 Å². The molecule has 0 bridgehead atoms. The van der Waals surface area contributed by atoms with Gasteiger partial charge in [0.25, 0.3) is 5.91 Å². The van der Waals surface area contributed by atoms with Crippen LogP contribution in [0.5, 0.6) is 28.7 Å². The number of benzene rings is 4. The maximum atomic E-state index is 13.1. The summed E-state index contributed by atoms with van der Waals surface area (Å²) in [5.41, 5.74) is 1.56. The Bertz CT molecular complexity index is 1490. The molecule has 40 heavy (non-hydrogen) atoms. The van der Waals surface area contributed by atoms with Gasteiger partial charge in [0.1, 0.15) is 23.9 Å². The van der Waals surface area contributed by atoms with Gasteiger partial charge in [0, 0.05) is 5.56 Å². The molecule has 0 atom stereocenters. The van der Waals surface area contributed by atoms with Crippen LogP contribution in [0.1, 0.15) is 33.2 Å². The molecule has 0 saturated carbocycles. The number of carbonyl (C=O) groups is 2. The predicted molar refractivity (Wildman–Crippen MR) is 152 cm³/mol. The quantitative estimate of drug-likeness (QED) is 0.194. The molecule has 4 aromatic carbocycles. The van der Waals surface area contributed by atoms with Crippen molar-refractivity contribution in [2.75, 3.05) is 26.1 Å². The second kappa shape index (κ2) is 13.4. The third-order valence-electron chi connectivity index (χ3n) is 5.75. The van der Waals surface area contributed by atoms with Crippen molar-refractivity contribution in [2.24, 2.45) is 0 Å². The Hall–Kier alpha value is -4.69. The summed E-state index contributed by atoms with van der Waals surface area (Å²) in [6, 6.07) is 24.1. The van der Waals surface area contributed by atoms with E-state index in [9.17, 15) is 9.59 Å². The van der Waals surface area contributed by atoms with Gasteiger partial charge in [-0.25, -0.2) is 4.79 Å². The van der Waals surface area contributed by atoms with E-state index < -0.39 is 11.9 Å². The van der Waals surface area contributed by atoms with E-state index in [1.807, 2.05) is 30.3 Å². The Morgan fingerprint density at radius 3 is 2.25 bits per heavy atom. The second-order valence-corrected chi connectivity index (χ2v) is 8.83. The van der Waals surface area contributed by atoms with Crippen LogP contribution < -0.4 is 24.3 Å². The molecule has 1 N–H and O–H groups in total. The van der Waals surface area contributed by atoms with E-state index >= 15 is 0 Å². The number of hydrogen-bond donors (Lipinski definition) is 1. The molecule has 1 amide bonds. The standard InChI is InChI=1S/C31H28ClNO7/c1-4-38-31(35)24-18-23(40-22-8-6-5-7-9-22)12-13-26(24)33-30(34)21-11-15-27(25(32)17-21)39-19-20-10-14-28(36-2)29(16-20)37-3/h5-18H,4,19H2,1-3H3,(H,33,34). The van der Waals surface area contributed by atoms with Crippen LogP contribution in [-0.2, 0) is 11.3 Å². The second-order valence-electron chi connectivity index (χ2n) is 8.42. The number of rotatable bonds is 11. The molecule has 0 radical (unpaired) electrons. The van der Waals surface area contributed by atoms with Crippen LogP contribution in [0.15, 0.2) is 84.9 Å². The van der Waals surface area contributed by atoms with E-state index in [1.165, 1.54) is 12.1 Å². The van der Waals surface area contributed by atoms with Gasteiger partial charge in [0.15, 0.2) is 11.5 Å². The molecule has 0 aromatic heterocycles. The first kappa shape index (κ1) is 28.3. The lowest BCUT2D eigenvalue weighted by atomic mass is 10.1. The van der Waals surface area contributed by atoms with Crippen LogP contribution in [0, 0.1) is 0 Å². The van der Waals surface area contributed by atoms with Gasteiger partial charge in [0.05, 0.1) is 37.1 Å². The number of amides is 1. The van der Waals surface area contributed by atoms with E-state index in [1.54, 1.807) is 63.6 Å². The lowest BCUT2D eigenvalue weighted by Gasteiger charge is -2.14. The summed E-state index contributed by atoms with van der Waals surface area (Å²) in [6.07, 6.45) is 0. The largest absolute Gasteiger partial charge is 0.493 e. The first-order valence-electron chi connectivity index (χ1n) is 12.4. The molecule has 8 nitrogen and oxygen atoms in total. The minimum absolute atomic E-state index is 0.157. The average Bonchev–Trinajstić information content (AvgIpc) is 2.97. The molecule has 4 aromatic rings. The van der Waals surface area contributed by atoms with Crippen LogP contribution in [-0.4, -0.2) is 32.7 Å². The zero-order valence-electron chi connectivity index (χ0n) is 22.2. The topological polar surface area (TPSA) is 92.3 Å². The lowest BCUT2D eigenvalue weighted by Crippen LogP contribution is -2.16. The molecule has 0 fully saturated rings. The minimum Gasteiger partial charge on any atom is -0.493 e. The van der Waals surface area contributed by atoms with Crippen LogP contribution >= 0.6 is 11.6 Å². The summed E-state index contributed by atoms with van der Waals surface area (Å²) in [5, 5.41) is 3.02. The predicted octanol–water partition coefficient (Wildman–Crippen LogP) is 7.16. The van der Waals surface area contributed by atoms with Gasteiger partial charge < -0.3 is 29.0 Å². The van der Waals surface area contributed by atoms with Crippen molar-refractivity contribution in [3.63, 3.8) is 0 Å². The molecule has 206 valence electrons. The van der Waals surface area contributed by atoms with Crippen molar-refractivity contribution >= 4 is 29.2 Å². The summed E-state index contributed by atoms with van der Waals surface area (Å²) < 4.78 is 27.5. The van der Waals surface area contributed by atoms with Crippen molar-refractivity contribution in [3.05, 3.63) is 107 Å². The van der Waals surface area contributed by atoms with Crippen molar-refractivity contribution in [1.82, 2.24) is 0 Å². The van der Waals surface area contributed by atoms with Gasteiger partial charge in [0.2, 0.25) is 0 Å². The normalized spacial score (nSPS) is 10.4. The highest BCUT2D eigenvalue weighted by Gasteiger charge is 2.18. The van der Waals surface area contributed by atoms with Gasteiger partial charge in [-0.15, -0.1) is 0 Å². The maximum absolute atomic E-state index is 13.1. The fourth-order valence-corrected chi connectivity index (χ4v) is 4.02. The Kier molecular flexibility index (Phi) is 9.48. The number of carbonyl (C=O) groups excluding carboxylic acids is 2. The first-order chi connectivity index (χ1) is 19.4. The van der Waals surface area contributed by atoms with Crippen molar-refractivity contribution in [1.29, 1.82) is 0 Å². The van der Waals surface area contributed by atoms with Crippen LogP contribution in [0.4, 0.5) is 5.69 Å². The fourth-order valence-electron chi connectivity index (χ4n) is 3.78. The fraction of sp³-hybridized carbons (Fsp3) is 0.161. The van der Waals surface area contributed by atoms with E-state index in [0.29, 0.717) is 28.7 Å². The van der Waals surface area contributed by atoms with Crippen LogP contribution in [0.3, 0.4) is 0 Å². The molecule has 0 aliphatic rings. The summed E-state index contributed by atoms with van der Waals surface area (Å²) in [4.78, 5) is 25.7. The molecule has 4 rings (SSSR count). The van der Waals surface area contributed by atoms with Crippen molar-refractivity contribution < 1.29 is 33.3 Å². The van der Waals surface area contributed by atoms with E-state index in [-0.39, 0.29) is 35.1 Å². The summed E-state index contributed by atoms with van der Waals surface area (Å²) in [6.45, 7) is 2.11. The first-order valence-corrected chi connectivity index (χ1v) is 12.8. The van der Waals surface area contributed by atoms with Gasteiger partial charge in [-0.2, -0.15) is 0 Å². The molecule has 0 aliphatic carbocycles. The van der Waals surface area contributed by atoms with E-state index in [4.69, 9.17) is 35.3 Å². The zero-order chi connectivity index (χ0) is 28.5. The highest BCUT2D eigenvalue weighted by atomic mass is 35.5. The van der Waals surface area contributed by atoms with Gasteiger partial charge >= 0.3 is 5.97 Å². The molecule has 0 aliphatic heterocycles. The number of anilines is 1. The van der Waals surface area contributed by atoms with Gasteiger partial charge in [-0.3, -0.25) is 4.79 Å². The van der Waals surface area contributed by atoms with Gasteiger partial charge in [-0.1, -0.05) is 35.9 Å². The number of hydrogen-bond acceptors (Lipinski definition) is 7. The Labute approximate surface area is 237 Å². The van der Waals surface area contributed by atoms with E-state index in [0.717, 1.165) is 5.56 Å². The highest BCUT2D eigenvalue weighted by molar-refractivity contribution is 6.32. The average molecular weight is 562 g/mol. The lowest BCUT2D eigenvalue weighted by molar-refractivity contribution is 0.0527. The number of para-hydroxylation sites is 1. The summed E-state index contributed by atoms with van der Waals surface area (Å²) in [5.74, 6) is 1.59. The monoisotopic (exact) mass is 561 g/mol. The molecular weight excluding hydrogens is 534 g/mol. The van der Waals surface area contributed by atoms with E-state index in [2.05, 4.69) is 5.32 Å². The van der Waals surface area contributed by atoms with Crippen LogP contribution in [0.25, 0.3) is 0 Å². The molecule has 9 heteroatoms. The molecule has 0 heterocycles. The van der Waals surface area contributed by atoms with Gasteiger partial charge in [-0.05, 0) is 73.2 Å². The Morgan fingerprint density at radius 1 is 0.800 bits per heavy atom. The summed E-state index contributed by atoms with van der Waals surface area (Å²) in [7, 11) is 3.13. The number of esters is 1. The molecule has 0 saturated heterocycles. The molecule has 0 spiro atoms. The maximum Gasteiger partial charge on any atom is 0.340 e. The smallest absolute Gasteiger partial charge is 0.340 e. The molecular formula is C31H28ClNO7. The zero-order valence-corrected chi connectivity index (χ0v) is 23.0.